The Bertz CT molecular complexity index is 2220. The van der Waals surface area contributed by atoms with Crippen LogP contribution in [0.15, 0.2) is 95.9 Å². The molecular formula is C44H52K2N4O9S. The largest absolute Gasteiger partial charge is 1.00 e. The van der Waals surface area contributed by atoms with Gasteiger partial charge in [-0.1, -0.05) is 30.3 Å². The number of nitrogens with zero attached hydrogens (tertiary/aromatic N) is 2. The number of ether oxygens (including phenoxy) is 1. The van der Waals surface area contributed by atoms with Gasteiger partial charge in [-0.2, -0.15) is 4.31 Å². The van der Waals surface area contributed by atoms with E-state index in [0.717, 1.165) is 55.6 Å². The van der Waals surface area contributed by atoms with Crippen molar-refractivity contribution in [2.45, 2.75) is 68.7 Å². The number of amides is 2. The molecule has 0 unspecified atom stereocenters. The van der Waals surface area contributed by atoms with E-state index in [-0.39, 0.29) is 146 Å². The average molecular weight is 891 g/mol. The molecule has 13 nitrogen and oxygen atoms in total. The van der Waals surface area contributed by atoms with E-state index < -0.39 is 45.7 Å². The van der Waals surface area contributed by atoms with E-state index in [2.05, 4.69) is 15.5 Å². The third-order valence-corrected chi connectivity index (χ3v) is 13.0. The number of carbonyl (C=O) groups excluding carboxylic acids is 2. The predicted molar refractivity (Wildman–Crippen MR) is 223 cm³/mol. The van der Waals surface area contributed by atoms with Crippen LogP contribution in [0.25, 0.3) is 0 Å². The minimum atomic E-state index is -4.10. The van der Waals surface area contributed by atoms with Crippen LogP contribution in [-0.2, 0) is 32.4 Å². The van der Waals surface area contributed by atoms with E-state index in [9.17, 15) is 32.7 Å². The smallest absolute Gasteiger partial charge is 1.00 e. The maximum absolute atomic E-state index is 14.1. The molecule has 4 aromatic carbocycles. The summed E-state index contributed by atoms with van der Waals surface area (Å²) in [4.78, 5) is 52.7. The van der Waals surface area contributed by atoms with Gasteiger partial charge in [-0.15, -0.1) is 0 Å². The summed E-state index contributed by atoms with van der Waals surface area (Å²) in [6.45, 7) is 1.92. The van der Waals surface area contributed by atoms with Crippen molar-refractivity contribution in [3.8, 4) is 0 Å². The van der Waals surface area contributed by atoms with Gasteiger partial charge in [0.05, 0.1) is 34.2 Å². The SMILES string of the molecule is COCCN(C1CCC(C(=O)O)CC1)S(=O)(=O)c1cccc(C(=O)Nc2ccc(N3CCCCC3)cc2C(=O)Nc2ccc(CCc3ccc(C(=O)O)cc3)cc2)c1.[H-].[H-].[K+].[K+]. The van der Waals surface area contributed by atoms with Crippen LogP contribution < -0.4 is 118 Å². The quantitative estimate of drug-likeness (QED) is 0.119. The van der Waals surface area contributed by atoms with Gasteiger partial charge in [-0.25, -0.2) is 13.2 Å². The Kier molecular flexibility index (Phi) is 20.1. The monoisotopic (exact) mass is 890 g/mol. The Morgan fingerprint density at radius 2 is 1.40 bits per heavy atom. The number of carboxylic acids is 2. The molecule has 310 valence electrons. The molecule has 4 N–H and O–H groups in total. The van der Waals surface area contributed by atoms with E-state index in [4.69, 9.17) is 9.84 Å². The topological polar surface area (TPSA) is 183 Å². The van der Waals surface area contributed by atoms with Gasteiger partial charge in [-0.3, -0.25) is 14.4 Å². The Morgan fingerprint density at radius 1 is 0.767 bits per heavy atom. The number of anilines is 3. The van der Waals surface area contributed by atoms with E-state index in [0.29, 0.717) is 37.8 Å². The summed E-state index contributed by atoms with van der Waals surface area (Å²) in [5.41, 5.74) is 4.31. The first-order valence-corrected chi connectivity index (χ1v) is 21.1. The first-order valence-electron chi connectivity index (χ1n) is 19.7. The molecule has 4 aromatic rings. The number of sulfonamides is 1. The number of aromatic carboxylic acids is 1. The zero-order valence-electron chi connectivity index (χ0n) is 36.6. The Hall–Kier alpha value is -2.30. The molecule has 0 spiro atoms. The summed E-state index contributed by atoms with van der Waals surface area (Å²) in [7, 11) is -2.62. The molecule has 0 bridgehead atoms. The molecule has 1 saturated carbocycles. The van der Waals surface area contributed by atoms with Crippen molar-refractivity contribution in [2.75, 3.05) is 48.9 Å². The van der Waals surface area contributed by atoms with Crippen LogP contribution in [-0.4, -0.2) is 86.1 Å². The van der Waals surface area contributed by atoms with Crippen molar-refractivity contribution >= 4 is 50.8 Å². The molecule has 2 aliphatic rings. The first-order chi connectivity index (χ1) is 27.9. The predicted octanol–water partition coefficient (Wildman–Crippen LogP) is 1.18. The van der Waals surface area contributed by atoms with Gasteiger partial charge in [0, 0.05) is 49.7 Å². The number of methoxy groups -OCH3 is 1. The van der Waals surface area contributed by atoms with Gasteiger partial charge < -0.3 is 33.3 Å². The van der Waals surface area contributed by atoms with Crippen molar-refractivity contribution in [3.63, 3.8) is 0 Å². The van der Waals surface area contributed by atoms with Crippen molar-refractivity contribution < 1.29 is 148 Å². The number of carbonyl (C=O) groups is 4. The van der Waals surface area contributed by atoms with E-state index >= 15 is 0 Å². The van der Waals surface area contributed by atoms with Gasteiger partial charge in [0.2, 0.25) is 10.0 Å². The summed E-state index contributed by atoms with van der Waals surface area (Å²) in [6, 6.07) is 25.0. The van der Waals surface area contributed by atoms with Crippen LogP contribution in [0.1, 0.15) is 90.0 Å². The number of nitrogens with one attached hydrogen (secondary N) is 2. The van der Waals surface area contributed by atoms with Crippen molar-refractivity contribution in [1.82, 2.24) is 4.31 Å². The summed E-state index contributed by atoms with van der Waals surface area (Å²) >= 11 is 0. The van der Waals surface area contributed by atoms with Gasteiger partial charge in [0.1, 0.15) is 0 Å². The van der Waals surface area contributed by atoms with Crippen LogP contribution in [0.5, 0.6) is 0 Å². The number of carboxylic acid groups (broad SMARTS) is 2. The average Bonchev–Trinajstić information content (AvgIpc) is 3.24. The molecule has 0 aromatic heterocycles. The Morgan fingerprint density at radius 3 is 2.00 bits per heavy atom. The van der Waals surface area contributed by atoms with Gasteiger partial charge in [0.25, 0.3) is 11.8 Å². The maximum atomic E-state index is 14.1. The van der Waals surface area contributed by atoms with Gasteiger partial charge in [-0.05, 0) is 130 Å². The first kappa shape index (κ1) is 50.3. The molecular weight excluding hydrogens is 839 g/mol. The van der Waals surface area contributed by atoms with Crippen LogP contribution in [0.3, 0.4) is 0 Å². The second-order valence-corrected chi connectivity index (χ2v) is 16.8. The molecule has 0 atom stereocenters. The standard InChI is InChI=1S/C44H50N4O9S.2K.2H/c1-57-27-26-48(36-20-16-33(17-21-36)44(53)54)58(55,56)38-7-5-6-34(28-38)41(49)46-40-23-22-37(47-24-3-2-4-25-47)29-39(40)42(50)45-35-18-12-31(13-19-35)9-8-30-10-14-32(15-11-30)43(51)52;;;;/h5-7,10-15,18-19,22-23,28-29,33,36H,2-4,8-9,16-17,20-21,24-27H2,1H3,(H,45,50)(H,46,49)(H,51,52)(H,53,54);;;;/q;2*+1;2*-1. The van der Waals surface area contributed by atoms with Gasteiger partial charge >= 0.3 is 115 Å². The molecule has 1 saturated heterocycles. The van der Waals surface area contributed by atoms with E-state index in [1.54, 1.807) is 24.3 Å². The third-order valence-electron chi connectivity index (χ3n) is 11.0. The minimum absolute atomic E-state index is 0. The van der Waals surface area contributed by atoms with Crippen molar-refractivity contribution in [1.29, 1.82) is 0 Å². The molecule has 0 radical (unpaired) electrons. The van der Waals surface area contributed by atoms with Crippen molar-refractivity contribution in [2.24, 2.45) is 5.92 Å². The number of hydrogen-bond acceptors (Lipinski definition) is 8. The number of rotatable bonds is 16. The third kappa shape index (κ3) is 13.4. The molecule has 2 amide bonds. The minimum Gasteiger partial charge on any atom is -1.00 e. The molecule has 1 heterocycles. The fourth-order valence-electron chi connectivity index (χ4n) is 7.65. The van der Waals surface area contributed by atoms with Crippen molar-refractivity contribution in [3.05, 3.63) is 119 Å². The number of aryl methyl sites for hydroxylation is 2. The van der Waals surface area contributed by atoms with E-state index in [1.165, 1.54) is 35.7 Å². The molecule has 1 aliphatic heterocycles. The second-order valence-electron chi connectivity index (χ2n) is 14.9. The zero-order valence-corrected chi connectivity index (χ0v) is 41.6. The molecule has 6 rings (SSSR count). The zero-order chi connectivity index (χ0) is 41.2. The molecule has 16 heteroatoms. The van der Waals surface area contributed by atoms with Crippen LogP contribution in [0.2, 0.25) is 0 Å². The normalized spacial score (nSPS) is 16.5. The summed E-state index contributed by atoms with van der Waals surface area (Å²) in [5.74, 6) is -3.37. The number of hydrogen-bond donors (Lipinski definition) is 4. The van der Waals surface area contributed by atoms with E-state index in [1.807, 2.05) is 42.5 Å². The summed E-state index contributed by atoms with van der Waals surface area (Å²) < 4.78 is 34.8. The molecule has 1 aliphatic carbocycles. The van der Waals surface area contributed by atoms with Crippen LogP contribution in [0.4, 0.5) is 17.1 Å². The Labute approximate surface area is 439 Å². The molecule has 60 heavy (non-hydrogen) atoms. The number of piperidine rings is 1. The fraction of sp³-hybridized carbons (Fsp3) is 0.364. The summed E-state index contributed by atoms with van der Waals surface area (Å²) in [5, 5.41) is 24.4. The number of benzene rings is 4. The maximum Gasteiger partial charge on any atom is 1.00 e. The van der Waals surface area contributed by atoms with Crippen LogP contribution in [0, 0.1) is 5.92 Å². The Balaban J connectivity index is 0.00000331. The number of aliphatic carboxylic acids is 1. The fourth-order valence-corrected chi connectivity index (χ4v) is 9.37. The van der Waals surface area contributed by atoms with Gasteiger partial charge in [0.15, 0.2) is 0 Å². The molecule has 2 fully saturated rings. The van der Waals surface area contributed by atoms with Crippen LogP contribution >= 0.6 is 0 Å². The second kappa shape index (κ2) is 24.0. The summed E-state index contributed by atoms with van der Waals surface area (Å²) in [6.07, 6.45) is 6.17.